The Morgan fingerprint density at radius 1 is 0.217 bits per heavy atom. The summed E-state index contributed by atoms with van der Waals surface area (Å²) in [5.41, 5.74) is 5.51. The van der Waals surface area contributed by atoms with Crippen LogP contribution in [0.5, 0.6) is 0 Å². The van der Waals surface area contributed by atoms with E-state index in [2.05, 4.69) is 27.7 Å². The van der Waals surface area contributed by atoms with Gasteiger partial charge in [0, 0.05) is 0 Å². The van der Waals surface area contributed by atoms with Crippen LogP contribution in [0.15, 0.2) is 0 Å². The lowest BCUT2D eigenvalue weighted by Gasteiger charge is -2.16. The maximum atomic E-state index is 5.52. The SMILES string of the molecule is CCCCCCCCCCc1nc(CCCCCCCCCC)c(CCCCCCCCCC)nc1CCCCCCCCCC. The van der Waals surface area contributed by atoms with Gasteiger partial charge in [-0.25, -0.2) is 0 Å². The van der Waals surface area contributed by atoms with Crippen LogP contribution in [0.25, 0.3) is 0 Å². The molecule has 0 amide bonds. The van der Waals surface area contributed by atoms with E-state index in [-0.39, 0.29) is 0 Å². The molecule has 0 aromatic carbocycles. The Kier molecular flexibility index (Phi) is 31.8. The first-order valence-electron chi connectivity index (χ1n) is 21.6. The second-order valence-electron chi connectivity index (χ2n) is 14.9. The molecule has 1 heterocycles. The van der Waals surface area contributed by atoms with Gasteiger partial charge in [-0.05, 0) is 51.4 Å². The van der Waals surface area contributed by atoms with Crippen LogP contribution in [0.1, 0.15) is 256 Å². The molecule has 0 bridgehead atoms. The molecule has 1 rings (SSSR count). The molecule has 0 unspecified atom stereocenters. The predicted molar refractivity (Wildman–Crippen MR) is 207 cm³/mol. The molecule has 0 aliphatic carbocycles. The Bertz CT molecular complexity index is 634. The van der Waals surface area contributed by atoms with Gasteiger partial charge in [0.25, 0.3) is 0 Å². The number of rotatable bonds is 36. The average molecular weight is 641 g/mol. The van der Waals surface area contributed by atoms with E-state index < -0.39 is 0 Å². The summed E-state index contributed by atoms with van der Waals surface area (Å²) in [6.45, 7) is 9.26. The summed E-state index contributed by atoms with van der Waals surface area (Å²) < 4.78 is 0. The average Bonchev–Trinajstić information content (AvgIpc) is 3.07. The van der Waals surface area contributed by atoms with Crippen LogP contribution >= 0.6 is 0 Å². The molecule has 0 saturated carbocycles. The summed E-state index contributed by atoms with van der Waals surface area (Å²) in [5.74, 6) is 0. The van der Waals surface area contributed by atoms with Crippen LogP contribution < -0.4 is 0 Å². The third kappa shape index (κ3) is 25.1. The largest absolute Gasteiger partial charge is 0.254 e. The summed E-state index contributed by atoms with van der Waals surface area (Å²) >= 11 is 0. The van der Waals surface area contributed by atoms with Gasteiger partial charge in [0.15, 0.2) is 0 Å². The molecule has 1 aromatic rings. The lowest BCUT2D eigenvalue weighted by molar-refractivity contribution is 0.557. The van der Waals surface area contributed by atoms with Crippen molar-refractivity contribution in [3.05, 3.63) is 22.8 Å². The van der Waals surface area contributed by atoms with Crippen LogP contribution in [0.4, 0.5) is 0 Å². The molecule has 1 aromatic heterocycles. The highest BCUT2D eigenvalue weighted by Gasteiger charge is 2.14. The molecule has 0 saturated heterocycles. The Hall–Kier alpha value is -0.920. The predicted octanol–water partition coefficient (Wildman–Crippen LogP) is 15.2. The molecular formula is C44H84N2. The molecular weight excluding hydrogens is 556 g/mol. The summed E-state index contributed by atoms with van der Waals surface area (Å²) in [5, 5.41) is 0. The number of hydrogen-bond donors (Lipinski definition) is 0. The van der Waals surface area contributed by atoms with Crippen molar-refractivity contribution in [2.45, 2.75) is 259 Å². The van der Waals surface area contributed by atoms with E-state index in [0.29, 0.717) is 0 Å². The van der Waals surface area contributed by atoms with Crippen LogP contribution in [0.2, 0.25) is 0 Å². The molecule has 0 spiro atoms. The standard InChI is InChI=1S/C44H84N2/c1-5-9-13-17-21-25-29-33-37-41-42(38-34-30-26-22-18-14-10-6-2)46-44(40-36-32-28-24-20-16-12-8-4)43(45-41)39-35-31-27-23-19-15-11-7-3/h5-40H2,1-4H3. The number of nitrogens with zero attached hydrogens (tertiary/aromatic N) is 2. The smallest absolute Gasteiger partial charge is 0.0622 e. The fourth-order valence-electron chi connectivity index (χ4n) is 7.09. The van der Waals surface area contributed by atoms with Crippen molar-refractivity contribution in [2.24, 2.45) is 0 Å². The van der Waals surface area contributed by atoms with Crippen molar-refractivity contribution in [1.82, 2.24) is 9.97 Å². The highest BCUT2D eigenvalue weighted by molar-refractivity contribution is 5.22. The molecule has 46 heavy (non-hydrogen) atoms. The zero-order chi connectivity index (χ0) is 33.2. The molecule has 0 N–H and O–H groups in total. The summed E-state index contributed by atoms with van der Waals surface area (Å²) in [7, 11) is 0. The second-order valence-corrected chi connectivity index (χ2v) is 14.9. The van der Waals surface area contributed by atoms with E-state index in [1.54, 1.807) is 0 Å². The van der Waals surface area contributed by atoms with E-state index >= 15 is 0 Å². The highest BCUT2D eigenvalue weighted by Crippen LogP contribution is 2.21. The third-order valence-electron chi connectivity index (χ3n) is 10.3. The maximum absolute atomic E-state index is 5.52. The fourth-order valence-corrected chi connectivity index (χ4v) is 7.09. The number of unbranched alkanes of at least 4 members (excludes halogenated alkanes) is 28. The van der Waals surface area contributed by atoms with E-state index in [1.807, 2.05) is 0 Å². The molecule has 2 nitrogen and oxygen atoms in total. The first kappa shape index (κ1) is 43.1. The van der Waals surface area contributed by atoms with Gasteiger partial charge in [0.2, 0.25) is 0 Å². The molecule has 0 atom stereocenters. The van der Waals surface area contributed by atoms with Gasteiger partial charge in [-0.2, -0.15) is 0 Å². The van der Waals surface area contributed by atoms with Gasteiger partial charge in [-0.15, -0.1) is 0 Å². The summed E-state index contributed by atoms with van der Waals surface area (Å²) in [6.07, 6.45) is 48.8. The first-order valence-corrected chi connectivity index (χ1v) is 21.6. The lowest BCUT2D eigenvalue weighted by atomic mass is 10.00. The number of aromatic nitrogens is 2. The number of hydrogen-bond acceptors (Lipinski definition) is 2. The Morgan fingerprint density at radius 2 is 0.370 bits per heavy atom. The van der Waals surface area contributed by atoms with E-state index in [1.165, 1.54) is 228 Å². The van der Waals surface area contributed by atoms with Gasteiger partial charge < -0.3 is 0 Å². The van der Waals surface area contributed by atoms with Gasteiger partial charge in [-0.3, -0.25) is 9.97 Å². The minimum atomic E-state index is 1.15. The first-order chi connectivity index (χ1) is 22.8. The van der Waals surface area contributed by atoms with Crippen LogP contribution in [-0.2, 0) is 25.7 Å². The highest BCUT2D eigenvalue weighted by atomic mass is 14.8. The minimum Gasteiger partial charge on any atom is -0.254 e. The number of aryl methyl sites for hydroxylation is 4. The zero-order valence-electron chi connectivity index (χ0n) is 32.4. The normalized spacial score (nSPS) is 11.6. The Balaban J connectivity index is 2.82. The molecule has 2 heteroatoms. The zero-order valence-corrected chi connectivity index (χ0v) is 32.4. The van der Waals surface area contributed by atoms with Crippen molar-refractivity contribution in [1.29, 1.82) is 0 Å². The van der Waals surface area contributed by atoms with Crippen molar-refractivity contribution in [3.63, 3.8) is 0 Å². The van der Waals surface area contributed by atoms with Gasteiger partial charge in [0.1, 0.15) is 0 Å². The second kappa shape index (κ2) is 34.0. The van der Waals surface area contributed by atoms with Crippen LogP contribution in [0, 0.1) is 0 Å². The van der Waals surface area contributed by atoms with Crippen LogP contribution in [0.3, 0.4) is 0 Å². The lowest BCUT2D eigenvalue weighted by Crippen LogP contribution is -2.11. The molecule has 0 aliphatic rings. The summed E-state index contributed by atoms with van der Waals surface area (Å²) in [4.78, 5) is 11.0. The van der Waals surface area contributed by atoms with Gasteiger partial charge >= 0.3 is 0 Å². The van der Waals surface area contributed by atoms with Crippen LogP contribution in [-0.4, -0.2) is 9.97 Å². The Labute approximate surface area is 290 Å². The van der Waals surface area contributed by atoms with Gasteiger partial charge in [-0.1, -0.05) is 207 Å². The van der Waals surface area contributed by atoms with Gasteiger partial charge in [0.05, 0.1) is 22.8 Å². The summed E-state index contributed by atoms with van der Waals surface area (Å²) in [6, 6.07) is 0. The molecule has 0 fully saturated rings. The minimum absolute atomic E-state index is 1.15. The van der Waals surface area contributed by atoms with E-state index in [0.717, 1.165) is 25.7 Å². The molecule has 270 valence electrons. The van der Waals surface area contributed by atoms with E-state index in [9.17, 15) is 0 Å². The molecule has 0 radical (unpaired) electrons. The fraction of sp³-hybridized carbons (Fsp3) is 0.909. The Morgan fingerprint density at radius 3 is 0.543 bits per heavy atom. The molecule has 0 aliphatic heterocycles. The van der Waals surface area contributed by atoms with E-state index in [4.69, 9.17) is 9.97 Å². The quantitative estimate of drug-likeness (QED) is 0.0682. The van der Waals surface area contributed by atoms with Crippen molar-refractivity contribution < 1.29 is 0 Å². The monoisotopic (exact) mass is 641 g/mol. The third-order valence-corrected chi connectivity index (χ3v) is 10.3. The maximum Gasteiger partial charge on any atom is 0.0622 e. The topological polar surface area (TPSA) is 25.8 Å². The van der Waals surface area contributed by atoms with Crippen molar-refractivity contribution in [3.8, 4) is 0 Å². The van der Waals surface area contributed by atoms with Crippen molar-refractivity contribution in [2.75, 3.05) is 0 Å². The van der Waals surface area contributed by atoms with Crippen molar-refractivity contribution >= 4 is 0 Å².